The predicted octanol–water partition coefficient (Wildman–Crippen LogP) is 4.86. The van der Waals surface area contributed by atoms with Crippen LogP contribution in [0.3, 0.4) is 0 Å². The molecule has 0 unspecified atom stereocenters. The molecule has 2 aromatic carbocycles. The number of aromatic nitrogens is 1. The van der Waals surface area contributed by atoms with Gasteiger partial charge in [0, 0.05) is 47.7 Å². The molecule has 0 saturated heterocycles. The van der Waals surface area contributed by atoms with Crippen LogP contribution < -0.4 is 20.1 Å². The average molecular weight is 476 g/mol. The largest absolute Gasteiger partial charge is 0.454 e. The van der Waals surface area contributed by atoms with E-state index in [1.165, 1.54) is 5.69 Å². The van der Waals surface area contributed by atoms with E-state index < -0.39 is 5.41 Å². The molecule has 1 aliphatic carbocycles. The number of nitrogens with zero attached hydrogens (tertiary/aromatic N) is 1. The molecule has 3 aromatic rings. The summed E-state index contributed by atoms with van der Waals surface area (Å²) in [6.07, 6.45) is 2.89. The second kappa shape index (κ2) is 8.63. The van der Waals surface area contributed by atoms with E-state index in [1.807, 2.05) is 30.3 Å². The lowest BCUT2D eigenvalue weighted by molar-refractivity contribution is -0.121. The van der Waals surface area contributed by atoms with Gasteiger partial charge in [-0.25, -0.2) is 0 Å². The van der Waals surface area contributed by atoms with Gasteiger partial charge in [-0.05, 0) is 61.2 Å². The minimum Gasteiger partial charge on any atom is -0.454 e. The summed E-state index contributed by atoms with van der Waals surface area (Å²) >= 11 is 0. The molecule has 0 atom stereocenters. The molecule has 0 bridgehead atoms. The number of nitrogens with one attached hydrogen (secondary N) is 2. The van der Waals surface area contributed by atoms with Gasteiger partial charge in [0.05, 0.1) is 5.41 Å². The minimum atomic E-state index is -0.516. The SMILES string of the molecule is CNC(=O)CCCn1c(C(C)(C)C)cc2cc(NC(=O)C3(c4ccc5c(c4)OCO5)CC3)ccc21. The molecule has 5 rings (SSSR count). The van der Waals surface area contributed by atoms with Crippen LogP contribution in [0, 0.1) is 0 Å². The van der Waals surface area contributed by atoms with Gasteiger partial charge in [-0.3, -0.25) is 9.59 Å². The highest BCUT2D eigenvalue weighted by atomic mass is 16.7. The van der Waals surface area contributed by atoms with Crippen molar-refractivity contribution in [2.24, 2.45) is 0 Å². The number of fused-ring (bicyclic) bond motifs is 2. The van der Waals surface area contributed by atoms with Crippen LogP contribution in [0.2, 0.25) is 0 Å². The van der Waals surface area contributed by atoms with Gasteiger partial charge >= 0.3 is 0 Å². The molecule has 184 valence electrons. The first kappa shape index (κ1) is 23.3. The number of aryl methyl sites for hydroxylation is 1. The number of carbonyl (C=O) groups excluding carboxylic acids is 2. The summed E-state index contributed by atoms with van der Waals surface area (Å²) in [4.78, 5) is 25.1. The third kappa shape index (κ3) is 4.35. The van der Waals surface area contributed by atoms with E-state index in [0.29, 0.717) is 12.2 Å². The van der Waals surface area contributed by atoms with Gasteiger partial charge in [0.15, 0.2) is 11.5 Å². The van der Waals surface area contributed by atoms with Crippen molar-refractivity contribution in [3.05, 3.63) is 53.7 Å². The van der Waals surface area contributed by atoms with Gasteiger partial charge < -0.3 is 24.7 Å². The van der Waals surface area contributed by atoms with Crippen LogP contribution in [0.25, 0.3) is 10.9 Å². The molecular formula is C28H33N3O4. The molecule has 0 radical (unpaired) electrons. The predicted molar refractivity (Wildman–Crippen MR) is 136 cm³/mol. The highest BCUT2D eigenvalue weighted by Crippen LogP contribution is 2.51. The van der Waals surface area contributed by atoms with Gasteiger partial charge in [0.25, 0.3) is 0 Å². The lowest BCUT2D eigenvalue weighted by Crippen LogP contribution is -2.27. The summed E-state index contributed by atoms with van der Waals surface area (Å²) in [5, 5.41) is 6.94. The standard InChI is InChI=1S/C28H33N3O4/c1-27(2,3)24-15-18-14-20(8-9-21(18)31(24)13-5-6-25(32)29-4)30-26(33)28(11-12-28)19-7-10-22-23(16-19)35-17-34-22/h7-10,14-16H,5-6,11-13,17H2,1-4H3,(H,29,32)(H,30,33). The number of rotatable bonds is 7. The van der Waals surface area contributed by atoms with E-state index in [4.69, 9.17) is 9.47 Å². The summed E-state index contributed by atoms with van der Waals surface area (Å²) in [5.41, 5.74) is 3.52. The van der Waals surface area contributed by atoms with E-state index in [1.54, 1.807) is 7.05 Å². The molecule has 2 N–H and O–H groups in total. The number of benzene rings is 2. The fourth-order valence-electron chi connectivity index (χ4n) is 4.95. The Labute approximate surface area is 205 Å². The molecule has 0 spiro atoms. The highest BCUT2D eigenvalue weighted by molar-refractivity contribution is 6.02. The molecule has 2 amide bonds. The Morgan fingerprint density at radius 2 is 1.80 bits per heavy atom. The van der Waals surface area contributed by atoms with Crippen molar-refractivity contribution in [3.8, 4) is 11.5 Å². The second-order valence-electron chi connectivity index (χ2n) is 10.6. The number of ether oxygens (including phenoxy) is 2. The molecular weight excluding hydrogens is 442 g/mol. The Bertz CT molecular complexity index is 1300. The Morgan fingerprint density at radius 1 is 1.03 bits per heavy atom. The zero-order chi connectivity index (χ0) is 24.8. The summed E-state index contributed by atoms with van der Waals surface area (Å²) in [5.74, 6) is 1.50. The van der Waals surface area contributed by atoms with Gasteiger partial charge in [-0.15, -0.1) is 0 Å². The first-order chi connectivity index (χ1) is 16.7. The zero-order valence-corrected chi connectivity index (χ0v) is 20.9. The number of hydrogen-bond donors (Lipinski definition) is 2. The quantitative estimate of drug-likeness (QED) is 0.511. The van der Waals surface area contributed by atoms with Crippen molar-refractivity contribution in [3.63, 3.8) is 0 Å². The van der Waals surface area contributed by atoms with E-state index in [2.05, 4.69) is 48.1 Å². The third-order valence-corrected chi connectivity index (χ3v) is 7.10. The molecule has 1 aromatic heterocycles. The highest BCUT2D eigenvalue weighted by Gasteiger charge is 2.51. The Morgan fingerprint density at radius 3 is 2.51 bits per heavy atom. The third-order valence-electron chi connectivity index (χ3n) is 7.10. The average Bonchev–Trinajstić information content (AvgIpc) is 3.36. The van der Waals surface area contributed by atoms with Crippen LogP contribution in [0.15, 0.2) is 42.5 Å². The summed E-state index contributed by atoms with van der Waals surface area (Å²) in [6.45, 7) is 7.58. The van der Waals surface area contributed by atoms with Crippen molar-refractivity contribution in [2.45, 2.75) is 63.8 Å². The first-order valence-electron chi connectivity index (χ1n) is 12.3. The molecule has 7 heteroatoms. The van der Waals surface area contributed by atoms with E-state index >= 15 is 0 Å². The monoisotopic (exact) mass is 475 g/mol. The van der Waals surface area contributed by atoms with Crippen molar-refractivity contribution in [1.29, 1.82) is 0 Å². The number of anilines is 1. The Hall–Kier alpha value is -3.48. The fourth-order valence-corrected chi connectivity index (χ4v) is 4.95. The second-order valence-corrected chi connectivity index (χ2v) is 10.6. The maximum atomic E-state index is 13.4. The smallest absolute Gasteiger partial charge is 0.235 e. The number of carbonyl (C=O) groups is 2. The number of amides is 2. The minimum absolute atomic E-state index is 0.0109. The van der Waals surface area contributed by atoms with Crippen LogP contribution in [0.1, 0.15) is 57.7 Å². The first-order valence-corrected chi connectivity index (χ1v) is 12.3. The van der Waals surface area contributed by atoms with Gasteiger partial charge in [0.1, 0.15) is 0 Å². The summed E-state index contributed by atoms with van der Waals surface area (Å²) in [6, 6.07) is 14.1. The molecule has 7 nitrogen and oxygen atoms in total. The van der Waals surface area contributed by atoms with Crippen LogP contribution >= 0.6 is 0 Å². The zero-order valence-electron chi connectivity index (χ0n) is 20.9. The summed E-state index contributed by atoms with van der Waals surface area (Å²) < 4.78 is 13.2. The molecule has 1 fully saturated rings. The van der Waals surface area contributed by atoms with Crippen molar-refractivity contribution in [1.82, 2.24) is 9.88 Å². The van der Waals surface area contributed by atoms with Crippen LogP contribution in [-0.4, -0.2) is 30.2 Å². The van der Waals surface area contributed by atoms with Crippen LogP contribution in [0.5, 0.6) is 11.5 Å². The fraction of sp³-hybridized carbons (Fsp3) is 0.429. The van der Waals surface area contributed by atoms with Gasteiger partial charge in [-0.1, -0.05) is 26.8 Å². The number of hydrogen-bond acceptors (Lipinski definition) is 4. The van der Waals surface area contributed by atoms with Crippen molar-refractivity contribution < 1.29 is 19.1 Å². The summed E-state index contributed by atoms with van der Waals surface area (Å²) in [7, 11) is 1.67. The molecule has 1 saturated carbocycles. The molecule has 2 heterocycles. The Balaban J connectivity index is 1.38. The Kier molecular flexibility index (Phi) is 5.74. The van der Waals surface area contributed by atoms with Crippen molar-refractivity contribution >= 4 is 28.4 Å². The van der Waals surface area contributed by atoms with Gasteiger partial charge in [0.2, 0.25) is 18.6 Å². The lowest BCUT2D eigenvalue weighted by Gasteiger charge is -2.22. The maximum absolute atomic E-state index is 13.4. The van der Waals surface area contributed by atoms with Gasteiger partial charge in [-0.2, -0.15) is 0 Å². The van der Waals surface area contributed by atoms with E-state index in [0.717, 1.165) is 53.7 Å². The van der Waals surface area contributed by atoms with Crippen LogP contribution in [0.4, 0.5) is 5.69 Å². The molecule has 2 aliphatic rings. The molecule has 35 heavy (non-hydrogen) atoms. The maximum Gasteiger partial charge on any atom is 0.235 e. The van der Waals surface area contributed by atoms with Crippen LogP contribution in [-0.2, 0) is 27.0 Å². The van der Waals surface area contributed by atoms with E-state index in [-0.39, 0.29) is 24.0 Å². The van der Waals surface area contributed by atoms with Crippen molar-refractivity contribution in [2.75, 3.05) is 19.2 Å². The van der Waals surface area contributed by atoms with E-state index in [9.17, 15) is 9.59 Å². The molecule has 1 aliphatic heterocycles. The topological polar surface area (TPSA) is 81.6 Å². The normalized spacial score (nSPS) is 15.8. The lowest BCUT2D eigenvalue weighted by atomic mass is 9.92.